The van der Waals surface area contributed by atoms with Gasteiger partial charge in [-0.3, -0.25) is 9.59 Å². The SMILES string of the molecule is O=C1C[C@@H]2C(=O)Nc3nc(N4CCCCC4)nc(c32)N1. The van der Waals surface area contributed by atoms with Crippen LogP contribution in [0.4, 0.5) is 17.6 Å². The maximum atomic E-state index is 11.9. The molecule has 0 unspecified atom stereocenters. The molecule has 4 heterocycles. The normalized spacial score (nSPS) is 24.2. The first-order valence-electron chi connectivity index (χ1n) is 7.00. The molecule has 0 aliphatic carbocycles. The van der Waals surface area contributed by atoms with Crippen LogP contribution < -0.4 is 15.5 Å². The maximum absolute atomic E-state index is 11.9. The summed E-state index contributed by atoms with van der Waals surface area (Å²) in [4.78, 5) is 34.6. The monoisotopic (exact) mass is 273 g/mol. The number of hydrogen-bond donors (Lipinski definition) is 2. The second-order valence-corrected chi connectivity index (χ2v) is 5.48. The molecule has 1 atom stereocenters. The van der Waals surface area contributed by atoms with E-state index < -0.39 is 5.92 Å². The second-order valence-electron chi connectivity index (χ2n) is 5.48. The van der Waals surface area contributed by atoms with E-state index in [-0.39, 0.29) is 18.2 Å². The van der Waals surface area contributed by atoms with Crippen LogP contribution in [0.25, 0.3) is 0 Å². The first kappa shape index (κ1) is 11.6. The van der Waals surface area contributed by atoms with Crippen LogP contribution in [0.1, 0.15) is 37.2 Å². The number of carbonyl (C=O) groups is 2. The Morgan fingerprint density at radius 1 is 1.00 bits per heavy atom. The number of hydrogen-bond acceptors (Lipinski definition) is 5. The number of rotatable bonds is 1. The smallest absolute Gasteiger partial charge is 0.233 e. The highest BCUT2D eigenvalue weighted by Crippen LogP contribution is 2.41. The van der Waals surface area contributed by atoms with Crippen molar-refractivity contribution in [3.05, 3.63) is 5.56 Å². The molecular weight excluding hydrogens is 258 g/mol. The quantitative estimate of drug-likeness (QED) is 0.792. The Morgan fingerprint density at radius 2 is 1.70 bits per heavy atom. The second kappa shape index (κ2) is 4.16. The fourth-order valence-electron chi connectivity index (χ4n) is 3.11. The van der Waals surface area contributed by atoms with Crippen LogP contribution in [-0.4, -0.2) is 34.9 Å². The Kier molecular flexibility index (Phi) is 2.42. The zero-order valence-electron chi connectivity index (χ0n) is 11.0. The number of aromatic nitrogens is 2. The maximum Gasteiger partial charge on any atom is 0.233 e. The lowest BCUT2D eigenvalue weighted by Crippen LogP contribution is -2.32. The molecule has 0 spiro atoms. The lowest BCUT2D eigenvalue weighted by atomic mass is 9.95. The molecule has 1 aromatic heterocycles. The summed E-state index contributed by atoms with van der Waals surface area (Å²) >= 11 is 0. The van der Waals surface area contributed by atoms with Gasteiger partial charge < -0.3 is 15.5 Å². The van der Waals surface area contributed by atoms with Gasteiger partial charge in [0.15, 0.2) is 0 Å². The largest absolute Gasteiger partial charge is 0.341 e. The molecule has 104 valence electrons. The van der Waals surface area contributed by atoms with Gasteiger partial charge in [0, 0.05) is 19.5 Å². The first-order valence-corrected chi connectivity index (χ1v) is 7.00. The van der Waals surface area contributed by atoms with Crippen molar-refractivity contribution < 1.29 is 9.59 Å². The Bertz CT molecular complexity index is 609. The van der Waals surface area contributed by atoms with Crippen LogP contribution in [-0.2, 0) is 9.59 Å². The molecule has 20 heavy (non-hydrogen) atoms. The Balaban J connectivity index is 1.78. The van der Waals surface area contributed by atoms with Gasteiger partial charge in [0.05, 0.1) is 11.5 Å². The van der Waals surface area contributed by atoms with Crippen molar-refractivity contribution in [1.29, 1.82) is 0 Å². The molecule has 1 aromatic rings. The van der Waals surface area contributed by atoms with E-state index >= 15 is 0 Å². The third kappa shape index (κ3) is 1.65. The predicted octanol–water partition coefficient (Wildman–Crippen LogP) is 0.845. The lowest BCUT2D eigenvalue weighted by Gasteiger charge is -2.28. The van der Waals surface area contributed by atoms with Crippen molar-refractivity contribution in [2.45, 2.75) is 31.6 Å². The fourth-order valence-corrected chi connectivity index (χ4v) is 3.11. The van der Waals surface area contributed by atoms with Crippen molar-refractivity contribution in [2.75, 3.05) is 28.6 Å². The van der Waals surface area contributed by atoms with E-state index in [4.69, 9.17) is 0 Å². The molecule has 7 nitrogen and oxygen atoms in total. The molecule has 0 aromatic carbocycles. The third-order valence-corrected chi connectivity index (χ3v) is 4.13. The number of amides is 2. The van der Waals surface area contributed by atoms with Gasteiger partial charge >= 0.3 is 0 Å². The zero-order valence-corrected chi connectivity index (χ0v) is 11.0. The van der Waals surface area contributed by atoms with Gasteiger partial charge in [-0.2, -0.15) is 9.97 Å². The molecule has 1 fully saturated rings. The van der Waals surface area contributed by atoms with Gasteiger partial charge in [-0.25, -0.2) is 0 Å². The summed E-state index contributed by atoms with van der Waals surface area (Å²) in [6.45, 7) is 1.84. The molecule has 7 heteroatoms. The van der Waals surface area contributed by atoms with E-state index in [0.29, 0.717) is 17.6 Å². The van der Waals surface area contributed by atoms with Crippen molar-refractivity contribution in [3.8, 4) is 0 Å². The van der Waals surface area contributed by atoms with E-state index in [1.54, 1.807) is 0 Å². The van der Waals surface area contributed by atoms with Crippen molar-refractivity contribution in [1.82, 2.24) is 9.97 Å². The Hall–Kier alpha value is -2.18. The molecule has 0 saturated carbocycles. The number of nitrogens with one attached hydrogen (secondary N) is 2. The van der Waals surface area contributed by atoms with Crippen molar-refractivity contribution >= 4 is 29.4 Å². The van der Waals surface area contributed by atoms with Crippen LogP contribution in [0.3, 0.4) is 0 Å². The molecule has 2 amide bonds. The molecule has 1 saturated heterocycles. The van der Waals surface area contributed by atoms with Gasteiger partial charge in [0.25, 0.3) is 0 Å². The third-order valence-electron chi connectivity index (χ3n) is 4.13. The summed E-state index contributed by atoms with van der Waals surface area (Å²) in [6.07, 6.45) is 3.65. The van der Waals surface area contributed by atoms with Crippen molar-refractivity contribution in [2.24, 2.45) is 0 Å². The standard InChI is InChI=1S/C13H15N5O2/c19-8-6-7-9-10(14-8)16-13(17-11(9)15-12(7)20)18-4-2-1-3-5-18/h7H,1-6H2,(H2,14,15,16,17,19,20)/t7-/m0/s1. The topological polar surface area (TPSA) is 87.2 Å². The highest BCUT2D eigenvalue weighted by atomic mass is 16.2. The molecule has 3 aliphatic rings. The highest BCUT2D eigenvalue weighted by molar-refractivity contribution is 6.10. The van der Waals surface area contributed by atoms with Gasteiger partial charge in [-0.1, -0.05) is 0 Å². The summed E-state index contributed by atoms with van der Waals surface area (Å²) < 4.78 is 0. The summed E-state index contributed by atoms with van der Waals surface area (Å²) in [5.41, 5.74) is 0.746. The predicted molar refractivity (Wildman–Crippen MR) is 72.7 cm³/mol. The molecular formula is C13H15N5O2. The van der Waals surface area contributed by atoms with E-state index in [0.717, 1.165) is 31.5 Å². The van der Waals surface area contributed by atoms with E-state index in [1.165, 1.54) is 6.42 Å². The molecule has 4 rings (SSSR count). The van der Waals surface area contributed by atoms with Crippen LogP contribution in [0.2, 0.25) is 0 Å². The minimum atomic E-state index is -0.427. The van der Waals surface area contributed by atoms with Crippen LogP contribution in [0.15, 0.2) is 0 Å². The number of carbonyl (C=O) groups excluding carboxylic acids is 2. The van der Waals surface area contributed by atoms with Gasteiger partial charge in [-0.15, -0.1) is 0 Å². The fraction of sp³-hybridized carbons (Fsp3) is 0.538. The van der Waals surface area contributed by atoms with Crippen LogP contribution >= 0.6 is 0 Å². The van der Waals surface area contributed by atoms with Gasteiger partial charge in [0.1, 0.15) is 11.6 Å². The molecule has 3 aliphatic heterocycles. The van der Waals surface area contributed by atoms with E-state index in [2.05, 4.69) is 25.5 Å². The molecule has 0 radical (unpaired) electrons. The average molecular weight is 273 g/mol. The lowest BCUT2D eigenvalue weighted by molar-refractivity contribution is -0.122. The summed E-state index contributed by atoms with van der Waals surface area (Å²) in [6, 6.07) is 0. The molecule has 2 N–H and O–H groups in total. The van der Waals surface area contributed by atoms with E-state index in [9.17, 15) is 9.59 Å². The van der Waals surface area contributed by atoms with E-state index in [1.807, 2.05) is 0 Å². The van der Waals surface area contributed by atoms with Gasteiger partial charge in [0.2, 0.25) is 17.8 Å². The van der Waals surface area contributed by atoms with Crippen LogP contribution in [0.5, 0.6) is 0 Å². The Morgan fingerprint density at radius 3 is 2.45 bits per heavy atom. The first-order chi connectivity index (χ1) is 9.72. The highest BCUT2D eigenvalue weighted by Gasteiger charge is 2.40. The number of nitrogens with zero attached hydrogens (tertiary/aromatic N) is 3. The Labute approximate surface area is 115 Å². The molecule has 0 bridgehead atoms. The minimum Gasteiger partial charge on any atom is -0.341 e. The summed E-state index contributed by atoms with van der Waals surface area (Å²) in [5.74, 6) is 0.918. The summed E-state index contributed by atoms with van der Waals surface area (Å²) in [5, 5.41) is 5.53. The number of anilines is 3. The van der Waals surface area contributed by atoms with Crippen LogP contribution in [0, 0.1) is 0 Å². The average Bonchev–Trinajstić information content (AvgIpc) is 2.77. The van der Waals surface area contributed by atoms with Crippen molar-refractivity contribution in [3.63, 3.8) is 0 Å². The summed E-state index contributed by atoms with van der Waals surface area (Å²) in [7, 11) is 0. The zero-order chi connectivity index (χ0) is 13.7. The van der Waals surface area contributed by atoms with Gasteiger partial charge in [-0.05, 0) is 19.3 Å². The minimum absolute atomic E-state index is 0.152. The number of piperidine rings is 1.